The first-order valence-electron chi connectivity index (χ1n) is 10.7. The minimum absolute atomic E-state index is 0.0574. The van der Waals surface area contributed by atoms with Gasteiger partial charge in [0.1, 0.15) is 6.54 Å². The van der Waals surface area contributed by atoms with Crippen molar-refractivity contribution >= 4 is 40.6 Å². The maximum atomic E-state index is 12.6. The number of piperidine rings is 1. The Hall–Kier alpha value is -2.73. The molecule has 0 unspecified atom stereocenters. The quantitative estimate of drug-likeness (QED) is 0.655. The molecule has 2 aromatic carbocycles. The summed E-state index contributed by atoms with van der Waals surface area (Å²) in [5.41, 5.74) is 5.55. The molecule has 0 aliphatic carbocycles. The Morgan fingerprint density at radius 2 is 1.65 bits per heavy atom. The number of amides is 3. The number of benzene rings is 2. The molecule has 31 heavy (non-hydrogen) atoms. The van der Waals surface area contributed by atoms with E-state index >= 15 is 0 Å². The molecule has 0 aromatic heterocycles. The monoisotopic (exact) mass is 442 g/mol. The van der Waals surface area contributed by atoms with Crippen LogP contribution in [0.1, 0.15) is 36.0 Å². The maximum absolute atomic E-state index is 12.6. The zero-order chi connectivity index (χ0) is 22.5. The maximum Gasteiger partial charge on any atom is 0.322 e. The average molecular weight is 443 g/mol. The van der Waals surface area contributed by atoms with E-state index in [1.54, 1.807) is 13.1 Å². The Bertz CT molecular complexity index is 947. The number of nitrogens with zero attached hydrogens (tertiary/aromatic N) is 2. The van der Waals surface area contributed by atoms with Crippen molar-refractivity contribution in [2.75, 3.05) is 42.2 Å². The van der Waals surface area contributed by atoms with Crippen molar-refractivity contribution < 1.29 is 9.59 Å². The fourth-order valence-corrected chi connectivity index (χ4v) is 4.34. The third-order valence-electron chi connectivity index (χ3n) is 5.56. The highest BCUT2D eigenvalue weighted by Crippen LogP contribution is 2.31. The van der Waals surface area contributed by atoms with Gasteiger partial charge in [-0.1, -0.05) is 29.3 Å². The largest absolute Gasteiger partial charge is 0.370 e. The number of anilines is 3. The second-order valence-electron chi connectivity index (χ2n) is 8.32. The van der Waals surface area contributed by atoms with Gasteiger partial charge in [0.05, 0.1) is 10.7 Å². The molecule has 7 heteroatoms. The molecule has 0 atom stereocenters. The van der Waals surface area contributed by atoms with Crippen molar-refractivity contribution in [1.82, 2.24) is 4.90 Å². The van der Waals surface area contributed by atoms with E-state index in [-0.39, 0.29) is 18.5 Å². The van der Waals surface area contributed by atoms with E-state index in [0.717, 1.165) is 41.2 Å². The lowest BCUT2D eigenvalue weighted by atomic mass is 10.1. The number of nitrogens with one attached hydrogen (secondary N) is 2. The Morgan fingerprint density at radius 1 is 1.00 bits per heavy atom. The van der Waals surface area contributed by atoms with Gasteiger partial charge in [0.15, 0.2) is 0 Å². The predicted molar refractivity (Wildman–Crippen MR) is 128 cm³/mol. The van der Waals surface area contributed by atoms with E-state index in [9.17, 15) is 9.59 Å². The number of hydrogen-bond donors (Lipinski definition) is 2. The van der Waals surface area contributed by atoms with Crippen LogP contribution in [0.5, 0.6) is 0 Å². The van der Waals surface area contributed by atoms with E-state index in [4.69, 9.17) is 11.6 Å². The predicted octanol–water partition coefficient (Wildman–Crippen LogP) is 5.36. The summed E-state index contributed by atoms with van der Waals surface area (Å²) in [6, 6.07) is 9.23. The topological polar surface area (TPSA) is 64.7 Å². The summed E-state index contributed by atoms with van der Waals surface area (Å²) in [5.74, 6) is -0.244. The Morgan fingerprint density at radius 3 is 2.26 bits per heavy atom. The molecule has 1 aliphatic rings. The van der Waals surface area contributed by atoms with Crippen LogP contribution >= 0.6 is 11.6 Å². The van der Waals surface area contributed by atoms with Crippen LogP contribution in [0, 0.1) is 20.8 Å². The first-order chi connectivity index (χ1) is 14.7. The van der Waals surface area contributed by atoms with Crippen molar-refractivity contribution in [2.24, 2.45) is 0 Å². The van der Waals surface area contributed by atoms with Crippen LogP contribution in [0.15, 0.2) is 30.3 Å². The highest BCUT2D eigenvalue weighted by atomic mass is 35.5. The van der Waals surface area contributed by atoms with E-state index < -0.39 is 0 Å². The van der Waals surface area contributed by atoms with Crippen molar-refractivity contribution in [1.29, 1.82) is 0 Å². The normalized spacial score (nSPS) is 13.6. The van der Waals surface area contributed by atoms with Crippen molar-refractivity contribution in [3.05, 3.63) is 52.0 Å². The van der Waals surface area contributed by atoms with Crippen LogP contribution in [-0.2, 0) is 4.79 Å². The number of likely N-dealkylation sites (N-methyl/N-ethyl adjacent to an activating group) is 1. The highest BCUT2D eigenvalue weighted by molar-refractivity contribution is 6.33. The van der Waals surface area contributed by atoms with Crippen molar-refractivity contribution in [3.8, 4) is 0 Å². The van der Waals surface area contributed by atoms with Crippen LogP contribution in [0.3, 0.4) is 0 Å². The molecule has 0 saturated carbocycles. The summed E-state index contributed by atoms with van der Waals surface area (Å²) in [6.45, 7) is 7.90. The molecule has 1 heterocycles. The third kappa shape index (κ3) is 5.91. The standard InChI is InChI=1S/C24H31ClN4O2/c1-16-12-17(2)23(18(3)13-16)27-22(30)15-28(4)24(31)26-19-8-9-21(20(25)14-19)29-10-6-5-7-11-29/h8-9,12-14H,5-7,10-11,15H2,1-4H3,(H,26,31)(H,27,30). The number of rotatable bonds is 5. The van der Waals surface area contributed by atoms with Gasteiger partial charge < -0.3 is 20.4 Å². The van der Waals surface area contributed by atoms with E-state index in [1.807, 2.05) is 45.0 Å². The smallest absolute Gasteiger partial charge is 0.322 e. The molecule has 1 saturated heterocycles. The summed E-state index contributed by atoms with van der Waals surface area (Å²) in [5, 5.41) is 6.35. The van der Waals surface area contributed by atoms with Crippen LogP contribution in [0.25, 0.3) is 0 Å². The van der Waals surface area contributed by atoms with Gasteiger partial charge in [0.25, 0.3) is 0 Å². The molecular weight excluding hydrogens is 412 g/mol. The highest BCUT2D eigenvalue weighted by Gasteiger charge is 2.17. The van der Waals surface area contributed by atoms with Gasteiger partial charge in [-0.3, -0.25) is 4.79 Å². The number of urea groups is 1. The van der Waals surface area contributed by atoms with E-state index in [2.05, 4.69) is 15.5 Å². The van der Waals surface area contributed by atoms with Gasteiger partial charge in [-0.25, -0.2) is 4.79 Å². The molecule has 6 nitrogen and oxygen atoms in total. The molecule has 2 N–H and O–H groups in total. The fraction of sp³-hybridized carbons (Fsp3) is 0.417. The molecule has 0 radical (unpaired) electrons. The number of halogens is 1. The molecular formula is C24H31ClN4O2. The van der Waals surface area contributed by atoms with Gasteiger partial charge >= 0.3 is 6.03 Å². The molecule has 0 bridgehead atoms. The zero-order valence-electron chi connectivity index (χ0n) is 18.7. The molecule has 3 amide bonds. The summed E-state index contributed by atoms with van der Waals surface area (Å²) < 4.78 is 0. The third-order valence-corrected chi connectivity index (χ3v) is 5.87. The lowest BCUT2D eigenvalue weighted by Gasteiger charge is -2.29. The Balaban J connectivity index is 1.58. The number of carbonyl (C=O) groups is 2. The van der Waals surface area contributed by atoms with Gasteiger partial charge in [0.2, 0.25) is 5.91 Å². The number of carbonyl (C=O) groups excluding carboxylic acids is 2. The SMILES string of the molecule is Cc1cc(C)c(NC(=O)CN(C)C(=O)Nc2ccc(N3CCCCC3)c(Cl)c2)c(C)c1. The summed E-state index contributed by atoms with van der Waals surface area (Å²) in [7, 11) is 1.59. The number of aryl methyl sites for hydroxylation is 3. The second kappa shape index (κ2) is 10.1. The zero-order valence-corrected chi connectivity index (χ0v) is 19.5. The number of hydrogen-bond acceptors (Lipinski definition) is 3. The summed E-state index contributed by atoms with van der Waals surface area (Å²) in [4.78, 5) is 28.7. The van der Waals surface area contributed by atoms with Crippen LogP contribution in [0.2, 0.25) is 5.02 Å². The van der Waals surface area contributed by atoms with Gasteiger partial charge in [-0.15, -0.1) is 0 Å². The summed E-state index contributed by atoms with van der Waals surface area (Å²) in [6.07, 6.45) is 3.60. The van der Waals surface area contributed by atoms with Crippen molar-refractivity contribution in [3.63, 3.8) is 0 Å². The molecule has 2 aromatic rings. The first kappa shape index (κ1) is 22.9. The molecule has 1 aliphatic heterocycles. The lowest BCUT2D eigenvalue weighted by Crippen LogP contribution is -2.37. The Labute approximate surface area is 189 Å². The lowest BCUT2D eigenvalue weighted by molar-refractivity contribution is -0.116. The minimum atomic E-state index is -0.366. The van der Waals surface area contributed by atoms with E-state index in [1.165, 1.54) is 24.2 Å². The van der Waals surface area contributed by atoms with Gasteiger partial charge in [-0.2, -0.15) is 0 Å². The molecule has 3 rings (SSSR count). The summed E-state index contributed by atoms with van der Waals surface area (Å²) >= 11 is 6.47. The van der Waals surface area contributed by atoms with Gasteiger partial charge in [0, 0.05) is 31.5 Å². The van der Waals surface area contributed by atoms with E-state index in [0.29, 0.717) is 10.7 Å². The second-order valence-corrected chi connectivity index (χ2v) is 8.73. The fourth-order valence-electron chi connectivity index (χ4n) is 4.04. The molecule has 166 valence electrons. The van der Waals surface area contributed by atoms with Crippen LogP contribution in [-0.4, -0.2) is 43.5 Å². The average Bonchev–Trinajstić information content (AvgIpc) is 2.71. The molecule has 0 spiro atoms. The van der Waals surface area contributed by atoms with Crippen LogP contribution in [0.4, 0.5) is 21.9 Å². The first-order valence-corrected chi connectivity index (χ1v) is 11.1. The van der Waals surface area contributed by atoms with Crippen molar-refractivity contribution in [2.45, 2.75) is 40.0 Å². The van der Waals surface area contributed by atoms with Gasteiger partial charge in [-0.05, 0) is 69.4 Å². The minimum Gasteiger partial charge on any atom is -0.370 e. The van der Waals surface area contributed by atoms with Crippen LogP contribution < -0.4 is 15.5 Å². The Kier molecular flexibility index (Phi) is 7.44. The molecule has 1 fully saturated rings.